The maximum Gasteiger partial charge on any atom is 0.197 e. The van der Waals surface area contributed by atoms with E-state index in [0.717, 1.165) is 0 Å². The van der Waals surface area contributed by atoms with E-state index in [4.69, 9.17) is 14.2 Å². The van der Waals surface area contributed by atoms with Gasteiger partial charge in [-0.05, 0) is 32.9 Å². The third-order valence-corrected chi connectivity index (χ3v) is 2.71. The van der Waals surface area contributed by atoms with E-state index >= 15 is 0 Å². The van der Waals surface area contributed by atoms with Gasteiger partial charge in [-0.3, -0.25) is 4.79 Å². The first-order chi connectivity index (χ1) is 8.46. The van der Waals surface area contributed by atoms with Crippen LogP contribution in [0.25, 0.3) is 0 Å². The average molecular weight is 252 g/mol. The van der Waals surface area contributed by atoms with Gasteiger partial charge in [0.1, 0.15) is 17.1 Å². The van der Waals surface area contributed by atoms with E-state index in [9.17, 15) is 4.79 Å². The van der Waals surface area contributed by atoms with Crippen LogP contribution in [0.3, 0.4) is 0 Å². The van der Waals surface area contributed by atoms with Crippen molar-refractivity contribution in [2.24, 2.45) is 0 Å². The van der Waals surface area contributed by atoms with Gasteiger partial charge in [0.25, 0.3) is 0 Å². The lowest BCUT2D eigenvalue weighted by Gasteiger charge is -2.24. The van der Waals surface area contributed by atoms with Gasteiger partial charge in [0.05, 0.1) is 19.8 Å². The van der Waals surface area contributed by atoms with Gasteiger partial charge in [0.2, 0.25) is 0 Å². The van der Waals surface area contributed by atoms with Crippen LogP contribution in [0.2, 0.25) is 0 Å². The highest BCUT2D eigenvalue weighted by molar-refractivity contribution is 6.04. The molecule has 0 aliphatic carbocycles. The lowest BCUT2D eigenvalue weighted by atomic mass is 9.95. The summed E-state index contributed by atoms with van der Waals surface area (Å²) in [5.41, 5.74) is -0.367. The number of methoxy groups -OCH3 is 2. The summed E-state index contributed by atoms with van der Waals surface area (Å²) in [5, 5.41) is 0. The van der Waals surface area contributed by atoms with Gasteiger partial charge in [-0.1, -0.05) is 0 Å². The Hall–Kier alpha value is -1.55. The minimum Gasteiger partial charge on any atom is -0.497 e. The van der Waals surface area contributed by atoms with Crippen LogP contribution < -0.4 is 9.47 Å². The van der Waals surface area contributed by atoms with Crippen molar-refractivity contribution in [2.75, 3.05) is 20.8 Å². The van der Waals surface area contributed by atoms with Crippen LogP contribution >= 0.6 is 0 Å². The first kappa shape index (κ1) is 14.5. The number of carbonyl (C=O) groups excluding carboxylic acids is 1. The Bertz CT molecular complexity index is 424. The Labute approximate surface area is 108 Å². The first-order valence-corrected chi connectivity index (χ1v) is 5.87. The Morgan fingerprint density at radius 2 is 1.89 bits per heavy atom. The molecule has 1 rings (SSSR count). The van der Waals surface area contributed by atoms with Crippen LogP contribution in [0, 0.1) is 0 Å². The van der Waals surface area contributed by atoms with Gasteiger partial charge < -0.3 is 14.2 Å². The number of Topliss-reactive ketones (excluding diaryl/α,β-unsaturated/α-hetero) is 1. The summed E-state index contributed by atoms with van der Waals surface area (Å²) in [7, 11) is 3.10. The highest BCUT2D eigenvalue weighted by Crippen LogP contribution is 2.28. The number of hydrogen-bond acceptors (Lipinski definition) is 4. The third-order valence-electron chi connectivity index (χ3n) is 2.71. The van der Waals surface area contributed by atoms with Crippen molar-refractivity contribution >= 4 is 5.78 Å². The maximum absolute atomic E-state index is 12.4. The van der Waals surface area contributed by atoms with Crippen molar-refractivity contribution in [1.29, 1.82) is 0 Å². The van der Waals surface area contributed by atoms with E-state index in [1.807, 2.05) is 6.92 Å². The molecule has 0 fully saturated rings. The molecule has 1 aromatic carbocycles. The zero-order chi connectivity index (χ0) is 13.8. The average Bonchev–Trinajstić information content (AvgIpc) is 2.37. The molecule has 0 aliphatic rings. The fraction of sp³-hybridized carbons (Fsp3) is 0.500. The topological polar surface area (TPSA) is 44.8 Å². The first-order valence-electron chi connectivity index (χ1n) is 5.87. The standard InChI is InChI=1S/C14H20O4/c1-6-18-14(2,3)13(15)11-8-7-10(16-4)9-12(11)17-5/h7-9H,6H2,1-5H3. The zero-order valence-electron chi connectivity index (χ0n) is 11.6. The zero-order valence-corrected chi connectivity index (χ0v) is 11.6. The van der Waals surface area contributed by atoms with E-state index in [2.05, 4.69) is 0 Å². The van der Waals surface area contributed by atoms with Crippen LogP contribution in [0.15, 0.2) is 18.2 Å². The summed E-state index contributed by atoms with van der Waals surface area (Å²) in [6, 6.07) is 5.12. The second-order valence-corrected chi connectivity index (χ2v) is 4.34. The van der Waals surface area contributed by atoms with Gasteiger partial charge in [0, 0.05) is 12.7 Å². The fourth-order valence-corrected chi connectivity index (χ4v) is 1.74. The van der Waals surface area contributed by atoms with Crippen LogP contribution in [-0.2, 0) is 4.74 Å². The van der Waals surface area contributed by atoms with E-state index in [0.29, 0.717) is 23.7 Å². The largest absolute Gasteiger partial charge is 0.497 e. The summed E-state index contributed by atoms with van der Waals surface area (Å²) in [6.45, 7) is 5.85. The Kier molecular flexibility index (Phi) is 4.73. The number of ketones is 1. The second-order valence-electron chi connectivity index (χ2n) is 4.34. The Balaban J connectivity index is 3.13. The van der Waals surface area contributed by atoms with Crippen molar-refractivity contribution in [3.8, 4) is 11.5 Å². The molecule has 0 spiro atoms. The highest BCUT2D eigenvalue weighted by Gasteiger charge is 2.31. The van der Waals surface area contributed by atoms with Crippen LogP contribution in [0.1, 0.15) is 31.1 Å². The Morgan fingerprint density at radius 3 is 2.39 bits per heavy atom. The van der Waals surface area contributed by atoms with Gasteiger partial charge in [-0.25, -0.2) is 0 Å². The van der Waals surface area contributed by atoms with Gasteiger partial charge in [-0.15, -0.1) is 0 Å². The number of rotatable bonds is 6. The normalized spacial score (nSPS) is 11.2. The molecule has 0 bridgehead atoms. The van der Waals surface area contributed by atoms with Gasteiger partial charge in [-0.2, -0.15) is 0 Å². The molecule has 0 amide bonds. The van der Waals surface area contributed by atoms with E-state index in [1.54, 1.807) is 39.2 Å². The number of hydrogen-bond donors (Lipinski definition) is 0. The maximum atomic E-state index is 12.4. The quantitative estimate of drug-likeness (QED) is 0.730. The van der Waals surface area contributed by atoms with E-state index < -0.39 is 5.60 Å². The number of benzene rings is 1. The summed E-state index contributed by atoms with van der Waals surface area (Å²) in [5.74, 6) is 1.04. The molecule has 4 nitrogen and oxygen atoms in total. The molecule has 0 radical (unpaired) electrons. The van der Waals surface area contributed by atoms with Crippen molar-refractivity contribution in [2.45, 2.75) is 26.4 Å². The molecule has 0 N–H and O–H groups in total. The van der Waals surface area contributed by atoms with Crippen molar-refractivity contribution < 1.29 is 19.0 Å². The van der Waals surface area contributed by atoms with Crippen molar-refractivity contribution in [1.82, 2.24) is 0 Å². The lowest BCUT2D eigenvalue weighted by Crippen LogP contribution is -2.35. The van der Waals surface area contributed by atoms with E-state index in [1.165, 1.54) is 7.11 Å². The summed E-state index contributed by atoms with van der Waals surface area (Å²) < 4.78 is 15.8. The lowest BCUT2D eigenvalue weighted by molar-refractivity contribution is 0.00106. The van der Waals surface area contributed by atoms with E-state index in [-0.39, 0.29) is 5.78 Å². The molecule has 1 aromatic rings. The summed E-state index contributed by atoms with van der Waals surface area (Å²) in [4.78, 5) is 12.4. The van der Waals surface area contributed by atoms with Crippen LogP contribution in [0.4, 0.5) is 0 Å². The minimum absolute atomic E-state index is 0.108. The molecule has 0 saturated carbocycles. The molecular formula is C14H20O4. The molecule has 0 aromatic heterocycles. The van der Waals surface area contributed by atoms with Crippen molar-refractivity contribution in [3.05, 3.63) is 23.8 Å². The predicted molar refractivity (Wildman–Crippen MR) is 69.6 cm³/mol. The van der Waals surface area contributed by atoms with Gasteiger partial charge in [0.15, 0.2) is 5.78 Å². The number of carbonyl (C=O) groups is 1. The highest BCUT2D eigenvalue weighted by atomic mass is 16.5. The molecular weight excluding hydrogens is 232 g/mol. The molecule has 0 saturated heterocycles. The summed E-state index contributed by atoms with van der Waals surface area (Å²) in [6.07, 6.45) is 0. The van der Waals surface area contributed by atoms with Gasteiger partial charge >= 0.3 is 0 Å². The minimum atomic E-state index is -0.864. The monoisotopic (exact) mass is 252 g/mol. The second kappa shape index (κ2) is 5.87. The van der Waals surface area contributed by atoms with Crippen LogP contribution in [-0.4, -0.2) is 32.2 Å². The molecule has 18 heavy (non-hydrogen) atoms. The summed E-state index contributed by atoms with van der Waals surface area (Å²) >= 11 is 0. The predicted octanol–water partition coefficient (Wildman–Crippen LogP) is 2.70. The molecule has 0 atom stereocenters. The molecule has 0 heterocycles. The smallest absolute Gasteiger partial charge is 0.197 e. The third kappa shape index (κ3) is 3.01. The molecule has 100 valence electrons. The molecule has 4 heteroatoms. The molecule has 0 unspecified atom stereocenters. The fourth-order valence-electron chi connectivity index (χ4n) is 1.74. The molecule has 0 aliphatic heterocycles. The SMILES string of the molecule is CCOC(C)(C)C(=O)c1ccc(OC)cc1OC. The van der Waals surface area contributed by atoms with Crippen LogP contribution in [0.5, 0.6) is 11.5 Å². The van der Waals surface area contributed by atoms with Crippen molar-refractivity contribution in [3.63, 3.8) is 0 Å². The Morgan fingerprint density at radius 1 is 1.22 bits per heavy atom. The number of ether oxygens (including phenoxy) is 3.